The average Bonchev–Trinajstić information content (AvgIpc) is 2.84. The fourth-order valence-corrected chi connectivity index (χ4v) is 2.76. The Bertz CT molecular complexity index is 420. The molecule has 2 N–H and O–H groups in total. The van der Waals surface area contributed by atoms with Gasteiger partial charge in [0.15, 0.2) is 0 Å². The third kappa shape index (κ3) is 2.27. The van der Waals surface area contributed by atoms with Crippen molar-refractivity contribution >= 4 is 5.91 Å². The second-order valence-electron chi connectivity index (χ2n) is 5.24. The molecular weight excluding hydrogens is 230 g/mol. The first-order valence-corrected chi connectivity index (χ1v) is 6.76. The van der Waals surface area contributed by atoms with E-state index in [4.69, 9.17) is 4.74 Å². The van der Waals surface area contributed by atoms with E-state index in [0.29, 0.717) is 24.7 Å². The van der Waals surface area contributed by atoms with Gasteiger partial charge in [0.05, 0.1) is 36.7 Å². The van der Waals surface area contributed by atoms with Crippen LogP contribution in [0, 0.1) is 0 Å². The highest BCUT2D eigenvalue weighted by Crippen LogP contribution is 2.33. The molecule has 0 radical (unpaired) electrons. The average molecular weight is 249 g/mol. The number of carbonyl (C=O) groups excluding carboxylic acids is 1. The van der Waals surface area contributed by atoms with Gasteiger partial charge >= 0.3 is 0 Å². The molecule has 2 heterocycles. The van der Waals surface area contributed by atoms with Crippen molar-refractivity contribution < 1.29 is 9.53 Å². The molecule has 5 heteroatoms. The Balaban J connectivity index is 1.71. The van der Waals surface area contributed by atoms with Crippen molar-refractivity contribution in [1.29, 1.82) is 0 Å². The molecule has 1 aromatic heterocycles. The molecule has 2 fully saturated rings. The Labute approximate surface area is 106 Å². The van der Waals surface area contributed by atoms with Crippen molar-refractivity contribution in [2.75, 3.05) is 13.2 Å². The lowest BCUT2D eigenvalue weighted by molar-refractivity contribution is -0.00348. The summed E-state index contributed by atoms with van der Waals surface area (Å²) in [4.78, 5) is 12.1. The van der Waals surface area contributed by atoms with E-state index < -0.39 is 0 Å². The molecule has 0 unspecified atom stereocenters. The van der Waals surface area contributed by atoms with Crippen molar-refractivity contribution in [2.24, 2.45) is 0 Å². The standard InChI is InChI=1S/C13H19N3O2/c17-13(15-10-7-18-8-10)11-6-14-16-12(11)9-4-2-1-3-5-9/h6,9-10H,1-5,7-8H2,(H,14,16)(H,15,17). The molecule has 0 bridgehead atoms. The minimum absolute atomic E-state index is 0.0161. The number of amides is 1. The highest BCUT2D eigenvalue weighted by molar-refractivity contribution is 5.95. The van der Waals surface area contributed by atoms with Crippen molar-refractivity contribution in [3.05, 3.63) is 17.5 Å². The summed E-state index contributed by atoms with van der Waals surface area (Å²) in [6, 6.07) is 0.173. The van der Waals surface area contributed by atoms with Crippen LogP contribution in [0.4, 0.5) is 0 Å². The molecule has 18 heavy (non-hydrogen) atoms. The summed E-state index contributed by atoms with van der Waals surface area (Å²) in [7, 11) is 0. The first-order valence-electron chi connectivity index (χ1n) is 6.76. The van der Waals surface area contributed by atoms with E-state index in [-0.39, 0.29) is 11.9 Å². The predicted octanol–water partition coefficient (Wildman–Crippen LogP) is 1.59. The third-order valence-corrected chi connectivity index (χ3v) is 3.90. The van der Waals surface area contributed by atoms with E-state index in [2.05, 4.69) is 15.5 Å². The molecule has 1 aromatic rings. The monoisotopic (exact) mass is 249 g/mol. The van der Waals surface area contributed by atoms with Crippen LogP contribution in [0.25, 0.3) is 0 Å². The van der Waals surface area contributed by atoms with Gasteiger partial charge in [-0.05, 0) is 12.8 Å². The third-order valence-electron chi connectivity index (χ3n) is 3.90. The first-order chi connectivity index (χ1) is 8.84. The van der Waals surface area contributed by atoms with Crippen LogP contribution in [0.15, 0.2) is 6.20 Å². The van der Waals surface area contributed by atoms with Gasteiger partial charge in [-0.3, -0.25) is 9.89 Å². The van der Waals surface area contributed by atoms with Crippen LogP contribution in [0.2, 0.25) is 0 Å². The van der Waals surface area contributed by atoms with Gasteiger partial charge in [-0.25, -0.2) is 0 Å². The zero-order chi connectivity index (χ0) is 12.4. The molecule has 5 nitrogen and oxygen atoms in total. The molecule has 1 amide bonds. The topological polar surface area (TPSA) is 67.0 Å². The lowest BCUT2D eigenvalue weighted by Gasteiger charge is -2.27. The number of ether oxygens (including phenoxy) is 1. The van der Waals surface area contributed by atoms with Crippen LogP contribution < -0.4 is 5.32 Å². The van der Waals surface area contributed by atoms with E-state index in [9.17, 15) is 4.79 Å². The van der Waals surface area contributed by atoms with E-state index >= 15 is 0 Å². The van der Waals surface area contributed by atoms with Crippen molar-refractivity contribution in [3.8, 4) is 0 Å². The van der Waals surface area contributed by atoms with E-state index in [1.165, 1.54) is 19.3 Å². The van der Waals surface area contributed by atoms with Gasteiger partial charge in [0, 0.05) is 5.92 Å². The molecule has 1 aliphatic carbocycles. The lowest BCUT2D eigenvalue weighted by atomic mass is 9.85. The second-order valence-corrected chi connectivity index (χ2v) is 5.24. The Hall–Kier alpha value is -1.36. The number of rotatable bonds is 3. The van der Waals surface area contributed by atoms with Gasteiger partial charge in [0.1, 0.15) is 0 Å². The number of nitrogens with zero attached hydrogens (tertiary/aromatic N) is 1. The van der Waals surface area contributed by atoms with Crippen molar-refractivity contribution in [1.82, 2.24) is 15.5 Å². The predicted molar refractivity (Wildman–Crippen MR) is 66.5 cm³/mol. The molecule has 3 rings (SSSR count). The zero-order valence-corrected chi connectivity index (χ0v) is 10.4. The summed E-state index contributed by atoms with van der Waals surface area (Å²) in [5.74, 6) is 0.456. The molecule has 98 valence electrons. The normalized spacial score (nSPS) is 21.6. The Kier molecular flexibility index (Phi) is 3.32. The van der Waals surface area contributed by atoms with E-state index in [0.717, 1.165) is 18.5 Å². The van der Waals surface area contributed by atoms with Crippen LogP contribution in [0.1, 0.15) is 54.1 Å². The second kappa shape index (κ2) is 5.10. The van der Waals surface area contributed by atoms with E-state index in [1.54, 1.807) is 6.20 Å². The Morgan fingerprint density at radius 3 is 2.78 bits per heavy atom. The Morgan fingerprint density at radius 1 is 1.33 bits per heavy atom. The van der Waals surface area contributed by atoms with Crippen LogP contribution in [-0.4, -0.2) is 35.4 Å². The largest absolute Gasteiger partial charge is 0.377 e. The summed E-state index contributed by atoms with van der Waals surface area (Å²) in [5, 5.41) is 10.1. The molecule has 0 spiro atoms. The molecule has 1 aliphatic heterocycles. The molecule has 1 saturated carbocycles. The molecule has 0 atom stereocenters. The number of aromatic nitrogens is 2. The van der Waals surface area contributed by atoms with Gasteiger partial charge in [-0.2, -0.15) is 5.10 Å². The molecule has 1 saturated heterocycles. The summed E-state index contributed by atoms with van der Waals surface area (Å²) in [6.07, 6.45) is 7.79. The maximum absolute atomic E-state index is 12.1. The van der Waals surface area contributed by atoms with Crippen LogP contribution in [0.5, 0.6) is 0 Å². The summed E-state index contributed by atoms with van der Waals surface area (Å²) >= 11 is 0. The summed E-state index contributed by atoms with van der Waals surface area (Å²) in [6.45, 7) is 1.25. The number of carbonyl (C=O) groups is 1. The maximum atomic E-state index is 12.1. The van der Waals surface area contributed by atoms with Gasteiger partial charge in [-0.15, -0.1) is 0 Å². The molecular formula is C13H19N3O2. The van der Waals surface area contributed by atoms with Crippen molar-refractivity contribution in [3.63, 3.8) is 0 Å². The number of hydrogen-bond acceptors (Lipinski definition) is 3. The number of aromatic amines is 1. The fourth-order valence-electron chi connectivity index (χ4n) is 2.76. The zero-order valence-electron chi connectivity index (χ0n) is 10.4. The minimum Gasteiger partial charge on any atom is -0.377 e. The van der Waals surface area contributed by atoms with Crippen LogP contribution in [0.3, 0.4) is 0 Å². The van der Waals surface area contributed by atoms with E-state index in [1.807, 2.05) is 0 Å². The minimum atomic E-state index is -0.0161. The highest BCUT2D eigenvalue weighted by atomic mass is 16.5. The SMILES string of the molecule is O=C(NC1COC1)c1cn[nH]c1C1CCCCC1. The first kappa shape index (κ1) is 11.7. The van der Waals surface area contributed by atoms with Gasteiger partial charge in [0.2, 0.25) is 0 Å². The van der Waals surface area contributed by atoms with Crippen LogP contribution in [-0.2, 0) is 4.74 Å². The van der Waals surface area contributed by atoms with Gasteiger partial charge < -0.3 is 10.1 Å². The summed E-state index contributed by atoms with van der Waals surface area (Å²) in [5.41, 5.74) is 1.74. The smallest absolute Gasteiger partial charge is 0.255 e. The van der Waals surface area contributed by atoms with Crippen LogP contribution >= 0.6 is 0 Å². The Morgan fingerprint density at radius 2 is 2.11 bits per heavy atom. The molecule has 2 aliphatic rings. The summed E-state index contributed by atoms with van der Waals surface area (Å²) < 4.78 is 5.06. The van der Waals surface area contributed by atoms with Gasteiger partial charge in [-0.1, -0.05) is 19.3 Å². The number of H-pyrrole nitrogens is 1. The quantitative estimate of drug-likeness (QED) is 0.854. The lowest BCUT2D eigenvalue weighted by Crippen LogP contribution is -2.48. The number of nitrogens with one attached hydrogen (secondary N) is 2. The molecule has 0 aromatic carbocycles. The van der Waals surface area contributed by atoms with Crippen molar-refractivity contribution in [2.45, 2.75) is 44.1 Å². The fraction of sp³-hybridized carbons (Fsp3) is 0.692. The van der Waals surface area contributed by atoms with Gasteiger partial charge in [0.25, 0.3) is 5.91 Å². The number of hydrogen-bond donors (Lipinski definition) is 2. The maximum Gasteiger partial charge on any atom is 0.255 e. The highest BCUT2D eigenvalue weighted by Gasteiger charge is 2.26.